The van der Waals surface area contributed by atoms with Crippen molar-refractivity contribution in [1.29, 1.82) is 5.26 Å². The van der Waals surface area contributed by atoms with Crippen LogP contribution in [0.1, 0.15) is 4.88 Å². The maximum Gasteiger partial charge on any atom is 0.142 e. The Morgan fingerprint density at radius 2 is 2.08 bits per heavy atom. The van der Waals surface area contributed by atoms with Crippen molar-refractivity contribution in [2.24, 2.45) is 0 Å². The minimum absolute atomic E-state index is 0.0895. The lowest BCUT2D eigenvalue weighted by atomic mass is 10.0. The van der Waals surface area contributed by atoms with Gasteiger partial charge in [-0.1, -0.05) is 23.7 Å². The molecule has 4 aromatic rings. The van der Waals surface area contributed by atoms with E-state index in [1.165, 1.54) is 17.4 Å². The summed E-state index contributed by atoms with van der Waals surface area (Å²) in [7, 11) is 0. The molecule has 0 unspecified atom stereocenters. The molecule has 4 rings (SSSR count). The van der Waals surface area contributed by atoms with Gasteiger partial charge >= 0.3 is 0 Å². The lowest BCUT2D eigenvalue weighted by Crippen LogP contribution is -1.84. The van der Waals surface area contributed by atoms with Crippen molar-refractivity contribution in [2.45, 2.75) is 0 Å². The van der Waals surface area contributed by atoms with Crippen LogP contribution in [-0.2, 0) is 0 Å². The summed E-state index contributed by atoms with van der Waals surface area (Å²) in [6.07, 6.45) is 3.53. The van der Waals surface area contributed by atoms with Gasteiger partial charge in [0.1, 0.15) is 22.4 Å². The second-order valence-electron chi connectivity index (χ2n) is 5.20. The minimum Gasteiger partial charge on any atom is -0.346 e. The van der Waals surface area contributed by atoms with Gasteiger partial charge in [0.05, 0.1) is 5.02 Å². The third kappa shape index (κ3) is 2.37. The highest BCUT2D eigenvalue weighted by Gasteiger charge is 2.14. The first-order valence-corrected chi connectivity index (χ1v) is 8.28. The predicted molar refractivity (Wildman–Crippen MR) is 94.5 cm³/mol. The van der Waals surface area contributed by atoms with E-state index in [1.54, 1.807) is 30.6 Å². The maximum absolute atomic E-state index is 13.8. The van der Waals surface area contributed by atoms with Gasteiger partial charge in [0.2, 0.25) is 0 Å². The SMILES string of the molecule is N#Cc1ccc(-c2cnc3[nH]cc(-c4cccc(F)c4Cl)c3c2)s1. The number of thiophene rings is 1. The highest BCUT2D eigenvalue weighted by molar-refractivity contribution is 7.16. The van der Waals surface area contributed by atoms with Crippen LogP contribution in [0, 0.1) is 17.1 Å². The third-order valence-corrected chi connectivity index (χ3v) is 5.20. The molecule has 0 saturated heterocycles. The number of aromatic amines is 1. The number of fused-ring (bicyclic) bond motifs is 1. The van der Waals surface area contributed by atoms with Gasteiger partial charge in [0.15, 0.2) is 0 Å². The van der Waals surface area contributed by atoms with Crippen LogP contribution >= 0.6 is 22.9 Å². The molecule has 0 spiro atoms. The molecular weight excluding hydrogens is 345 g/mol. The molecule has 24 heavy (non-hydrogen) atoms. The monoisotopic (exact) mass is 353 g/mol. The van der Waals surface area contributed by atoms with Crippen LogP contribution in [0.3, 0.4) is 0 Å². The molecule has 1 aromatic carbocycles. The van der Waals surface area contributed by atoms with Crippen LogP contribution in [0.15, 0.2) is 48.8 Å². The highest BCUT2D eigenvalue weighted by Crippen LogP contribution is 2.36. The van der Waals surface area contributed by atoms with Crippen LogP contribution in [-0.4, -0.2) is 9.97 Å². The van der Waals surface area contributed by atoms with Crippen LogP contribution in [0.5, 0.6) is 0 Å². The predicted octanol–water partition coefficient (Wildman–Crippen LogP) is 5.62. The molecule has 1 N–H and O–H groups in total. The number of nitriles is 1. The molecule has 0 radical (unpaired) electrons. The average molecular weight is 354 g/mol. The van der Waals surface area contributed by atoms with E-state index in [2.05, 4.69) is 16.0 Å². The molecule has 0 aliphatic heterocycles. The Morgan fingerprint density at radius 3 is 2.88 bits per heavy atom. The Balaban J connectivity index is 1.91. The van der Waals surface area contributed by atoms with E-state index >= 15 is 0 Å². The highest BCUT2D eigenvalue weighted by atomic mass is 35.5. The lowest BCUT2D eigenvalue weighted by Gasteiger charge is -2.04. The standard InChI is InChI=1S/C18H9ClFN3S/c19-17-12(2-1-3-15(17)20)14-9-23-18-13(14)6-10(8-22-18)16-5-4-11(7-21)24-16/h1-6,8-9H,(H,22,23). The van der Waals surface area contributed by atoms with Gasteiger partial charge in [-0.2, -0.15) is 5.26 Å². The zero-order valence-corrected chi connectivity index (χ0v) is 13.7. The molecule has 3 aromatic heterocycles. The van der Waals surface area contributed by atoms with Crippen molar-refractivity contribution in [3.8, 4) is 27.6 Å². The van der Waals surface area contributed by atoms with Gasteiger partial charge in [-0.3, -0.25) is 0 Å². The number of hydrogen-bond donors (Lipinski definition) is 1. The summed E-state index contributed by atoms with van der Waals surface area (Å²) in [6.45, 7) is 0. The molecule has 3 heterocycles. The van der Waals surface area contributed by atoms with E-state index in [-0.39, 0.29) is 5.02 Å². The maximum atomic E-state index is 13.8. The topological polar surface area (TPSA) is 52.5 Å². The molecule has 0 bridgehead atoms. The molecular formula is C18H9ClFN3S. The van der Waals surface area contributed by atoms with Crippen molar-refractivity contribution < 1.29 is 4.39 Å². The molecule has 0 aliphatic carbocycles. The Bertz CT molecular complexity index is 1110. The summed E-state index contributed by atoms with van der Waals surface area (Å²) in [5.74, 6) is -0.454. The fourth-order valence-electron chi connectivity index (χ4n) is 2.63. The number of rotatable bonds is 2. The van der Waals surface area contributed by atoms with Gasteiger partial charge in [0.25, 0.3) is 0 Å². The summed E-state index contributed by atoms with van der Waals surface area (Å²) >= 11 is 7.53. The van der Waals surface area contributed by atoms with E-state index < -0.39 is 5.82 Å². The number of aromatic nitrogens is 2. The van der Waals surface area contributed by atoms with Crippen LogP contribution in [0.4, 0.5) is 4.39 Å². The van der Waals surface area contributed by atoms with E-state index in [4.69, 9.17) is 16.9 Å². The van der Waals surface area contributed by atoms with E-state index in [9.17, 15) is 4.39 Å². The summed E-state index contributed by atoms with van der Waals surface area (Å²) in [4.78, 5) is 9.11. The van der Waals surface area contributed by atoms with Gasteiger partial charge in [-0.05, 0) is 24.3 Å². The van der Waals surface area contributed by atoms with E-state index in [0.717, 1.165) is 21.4 Å². The van der Waals surface area contributed by atoms with Gasteiger partial charge in [-0.25, -0.2) is 9.37 Å². The second kappa shape index (κ2) is 5.75. The van der Waals surface area contributed by atoms with Gasteiger partial charge < -0.3 is 4.98 Å². The van der Waals surface area contributed by atoms with Crippen molar-refractivity contribution in [3.63, 3.8) is 0 Å². The van der Waals surface area contributed by atoms with Crippen LogP contribution in [0.25, 0.3) is 32.6 Å². The first-order chi connectivity index (χ1) is 11.7. The number of nitrogens with zero attached hydrogens (tertiary/aromatic N) is 2. The largest absolute Gasteiger partial charge is 0.346 e. The Kier molecular flexibility index (Phi) is 3.57. The number of hydrogen-bond acceptors (Lipinski definition) is 3. The van der Waals surface area contributed by atoms with Gasteiger partial charge in [0, 0.05) is 39.3 Å². The summed E-state index contributed by atoms with van der Waals surface area (Å²) in [5.41, 5.74) is 3.01. The van der Waals surface area contributed by atoms with Crippen molar-refractivity contribution in [3.05, 3.63) is 64.5 Å². The number of nitrogens with one attached hydrogen (secondary N) is 1. The zero-order chi connectivity index (χ0) is 16.7. The number of pyridine rings is 1. The molecule has 0 amide bonds. The molecule has 0 fully saturated rings. The van der Waals surface area contributed by atoms with E-state index in [1.807, 2.05) is 12.1 Å². The summed E-state index contributed by atoms with van der Waals surface area (Å²) in [6, 6.07) is 12.5. The average Bonchev–Trinajstić information content (AvgIpc) is 3.23. The first-order valence-electron chi connectivity index (χ1n) is 7.09. The van der Waals surface area contributed by atoms with Crippen molar-refractivity contribution in [2.75, 3.05) is 0 Å². The number of H-pyrrole nitrogens is 1. The molecule has 6 heteroatoms. The van der Waals surface area contributed by atoms with Crippen LogP contribution < -0.4 is 0 Å². The third-order valence-electron chi connectivity index (χ3n) is 3.77. The fourth-order valence-corrected chi connectivity index (χ4v) is 3.64. The quantitative estimate of drug-likeness (QED) is 0.508. The minimum atomic E-state index is -0.454. The number of benzene rings is 1. The molecule has 0 atom stereocenters. The molecule has 116 valence electrons. The smallest absolute Gasteiger partial charge is 0.142 e. The summed E-state index contributed by atoms with van der Waals surface area (Å²) < 4.78 is 13.8. The fraction of sp³-hybridized carbons (Fsp3) is 0. The molecule has 0 saturated carbocycles. The Morgan fingerprint density at radius 1 is 1.21 bits per heavy atom. The van der Waals surface area contributed by atoms with Crippen molar-refractivity contribution >= 4 is 34.0 Å². The summed E-state index contributed by atoms with van der Waals surface area (Å²) in [5, 5.41) is 9.92. The van der Waals surface area contributed by atoms with Crippen LogP contribution in [0.2, 0.25) is 5.02 Å². The second-order valence-corrected chi connectivity index (χ2v) is 6.66. The van der Waals surface area contributed by atoms with Crippen molar-refractivity contribution in [1.82, 2.24) is 9.97 Å². The zero-order valence-electron chi connectivity index (χ0n) is 12.2. The molecule has 3 nitrogen and oxygen atoms in total. The molecule has 0 aliphatic rings. The number of halogens is 2. The first kappa shape index (κ1) is 14.9. The Hall–Kier alpha value is -2.68. The van der Waals surface area contributed by atoms with Gasteiger partial charge in [-0.15, -0.1) is 11.3 Å². The normalized spacial score (nSPS) is 10.9. The lowest BCUT2D eigenvalue weighted by molar-refractivity contribution is 0.629. The Labute approximate surface area is 146 Å². The van der Waals surface area contributed by atoms with E-state index in [0.29, 0.717) is 16.1 Å².